The molecule has 0 spiro atoms. The highest BCUT2D eigenvalue weighted by atomic mass is 16.5. The number of ether oxygens (including phenoxy) is 1. The van der Waals surface area contributed by atoms with Crippen LogP contribution in [0, 0.1) is 0 Å². The fourth-order valence-corrected chi connectivity index (χ4v) is 2.98. The molecule has 4 heteroatoms. The minimum Gasteiger partial charge on any atom is -0.370 e. The Hall–Kier alpha value is -1.16. The normalized spacial score (nSPS) is 21.2. The van der Waals surface area contributed by atoms with Crippen molar-refractivity contribution in [3.05, 3.63) is 17.0 Å². The Morgan fingerprint density at radius 3 is 2.65 bits per heavy atom. The zero-order chi connectivity index (χ0) is 11.7. The first-order valence-electron chi connectivity index (χ1n) is 6.53. The lowest BCUT2D eigenvalue weighted by atomic mass is 10.1. The average Bonchev–Trinajstić information content (AvgIpc) is 2.83. The van der Waals surface area contributed by atoms with Crippen molar-refractivity contribution in [1.29, 1.82) is 0 Å². The number of hydrogen-bond donors (Lipinski definition) is 0. The van der Waals surface area contributed by atoms with Crippen molar-refractivity contribution in [2.75, 3.05) is 0 Å². The van der Waals surface area contributed by atoms with Crippen molar-refractivity contribution in [2.45, 2.75) is 57.8 Å². The molecule has 17 heavy (non-hydrogen) atoms. The summed E-state index contributed by atoms with van der Waals surface area (Å²) in [5, 5.41) is 4.48. The second kappa shape index (κ2) is 4.61. The predicted molar refractivity (Wildman–Crippen MR) is 62.8 cm³/mol. The van der Waals surface area contributed by atoms with E-state index in [0.29, 0.717) is 24.9 Å². The highest BCUT2D eigenvalue weighted by Gasteiger charge is 2.26. The molecule has 0 aromatic carbocycles. The van der Waals surface area contributed by atoms with Crippen LogP contribution in [0.2, 0.25) is 0 Å². The highest BCUT2D eigenvalue weighted by Crippen LogP contribution is 2.32. The molecule has 1 aromatic rings. The molecule has 0 N–H and O–H groups in total. The van der Waals surface area contributed by atoms with Crippen LogP contribution in [0.1, 0.15) is 66.3 Å². The summed E-state index contributed by atoms with van der Waals surface area (Å²) in [6, 6.07) is 0.474. The van der Waals surface area contributed by atoms with Gasteiger partial charge in [0.1, 0.15) is 5.69 Å². The molecular weight excluding hydrogens is 216 g/mol. The largest absolute Gasteiger partial charge is 0.370 e. The van der Waals surface area contributed by atoms with E-state index in [9.17, 15) is 4.79 Å². The first-order chi connectivity index (χ1) is 8.40. The lowest BCUT2D eigenvalue weighted by Gasteiger charge is -2.16. The van der Waals surface area contributed by atoms with E-state index in [1.54, 1.807) is 0 Å². The van der Waals surface area contributed by atoms with Crippen LogP contribution in [0.15, 0.2) is 0 Å². The standard InChI is InChI=1S/C13H18N2O2/c16-7-12-11-8-17-9-13(11)15(14-12)10-5-3-1-2-4-6-10/h7,10H,1-6,8-9H2. The Labute approximate surface area is 101 Å². The maximum Gasteiger partial charge on any atom is 0.170 e. The van der Waals surface area contributed by atoms with Crippen molar-refractivity contribution >= 4 is 6.29 Å². The van der Waals surface area contributed by atoms with Gasteiger partial charge < -0.3 is 4.74 Å². The minimum atomic E-state index is 0.474. The molecule has 1 fully saturated rings. The van der Waals surface area contributed by atoms with Gasteiger partial charge in [0.05, 0.1) is 24.9 Å². The SMILES string of the molecule is O=Cc1nn(C2CCCCCC2)c2c1COC2. The van der Waals surface area contributed by atoms with Crippen molar-refractivity contribution < 1.29 is 9.53 Å². The molecule has 0 saturated heterocycles. The summed E-state index contributed by atoms with van der Waals surface area (Å²) in [7, 11) is 0. The molecule has 1 aliphatic heterocycles. The second-order valence-electron chi connectivity index (χ2n) is 5.01. The van der Waals surface area contributed by atoms with E-state index in [4.69, 9.17) is 4.74 Å². The number of carbonyl (C=O) groups is 1. The van der Waals surface area contributed by atoms with Crippen molar-refractivity contribution in [3.63, 3.8) is 0 Å². The number of aldehydes is 1. The van der Waals surface area contributed by atoms with Crippen LogP contribution in [-0.2, 0) is 18.0 Å². The van der Waals surface area contributed by atoms with E-state index in [-0.39, 0.29) is 0 Å². The molecule has 1 aliphatic carbocycles. The zero-order valence-corrected chi connectivity index (χ0v) is 10.0. The summed E-state index contributed by atoms with van der Waals surface area (Å²) in [6.45, 7) is 1.17. The second-order valence-corrected chi connectivity index (χ2v) is 5.01. The molecule has 1 saturated carbocycles. The molecule has 4 nitrogen and oxygen atoms in total. The highest BCUT2D eigenvalue weighted by molar-refractivity contribution is 5.74. The van der Waals surface area contributed by atoms with Crippen LogP contribution in [0.4, 0.5) is 0 Å². The van der Waals surface area contributed by atoms with Gasteiger partial charge in [-0.3, -0.25) is 9.48 Å². The third-order valence-electron chi connectivity index (χ3n) is 3.92. The summed E-state index contributed by atoms with van der Waals surface area (Å²) in [5.41, 5.74) is 2.74. The first-order valence-corrected chi connectivity index (χ1v) is 6.53. The molecule has 2 aliphatic rings. The van der Waals surface area contributed by atoms with Gasteiger partial charge in [-0.2, -0.15) is 5.10 Å². The van der Waals surface area contributed by atoms with Crippen molar-refractivity contribution in [1.82, 2.24) is 9.78 Å². The van der Waals surface area contributed by atoms with E-state index >= 15 is 0 Å². The van der Waals surface area contributed by atoms with Crippen molar-refractivity contribution in [3.8, 4) is 0 Å². The Morgan fingerprint density at radius 1 is 1.18 bits per heavy atom. The molecule has 0 bridgehead atoms. The van der Waals surface area contributed by atoms with Gasteiger partial charge in [0.25, 0.3) is 0 Å². The first kappa shape index (κ1) is 11.0. The number of rotatable bonds is 2. The fourth-order valence-electron chi connectivity index (χ4n) is 2.98. The third kappa shape index (κ3) is 1.90. The van der Waals surface area contributed by atoms with Gasteiger partial charge in [-0.15, -0.1) is 0 Å². The van der Waals surface area contributed by atoms with Crippen LogP contribution in [-0.4, -0.2) is 16.1 Å². The van der Waals surface area contributed by atoms with E-state index in [1.165, 1.54) is 38.5 Å². The van der Waals surface area contributed by atoms with Crippen LogP contribution in [0.5, 0.6) is 0 Å². The number of nitrogens with zero attached hydrogens (tertiary/aromatic N) is 2. The number of carbonyl (C=O) groups excluding carboxylic acids is 1. The summed E-state index contributed by atoms with van der Waals surface area (Å²) >= 11 is 0. The molecule has 2 heterocycles. The van der Waals surface area contributed by atoms with Gasteiger partial charge in [0.15, 0.2) is 6.29 Å². The van der Waals surface area contributed by atoms with Gasteiger partial charge in [-0.05, 0) is 12.8 Å². The van der Waals surface area contributed by atoms with Crippen LogP contribution in [0.25, 0.3) is 0 Å². The van der Waals surface area contributed by atoms with Gasteiger partial charge >= 0.3 is 0 Å². The topological polar surface area (TPSA) is 44.1 Å². The summed E-state index contributed by atoms with van der Waals surface area (Å²) in [4.78, 5) is 11.0. The third-order valence-corrected chi connectivity index (χ3v) is 3.92. The fraction of sp³-hybridized carbons (Fsp3) is 0.692. The predicted octanol–water partition coefficient (Wildman–Crippen LogP) is 2.62. The maximum absolute atomic E-state index is 11.0. The maximum atomic E-state index is 11.0. The van der Waals surface area contributed by atoms with Gasteiger partial charge in [-0.25, -0.2) is 0 Å². The summed E-state index contributed by atoms with van der Waals surface area (Å²) in [5.74, 6) is 0. The number of hydrogen-bond acceptors (Lipinski definition) is 3. The number of fused-ring (bicyclic) bond motifs is 1. The van der Waals surface area contributed by atoms with Crippen LogP contribution in [0.3, 0.4) is 0 Å². The summed E-state index contributed by atoms with van der Waals surface area (Å²) < 4.78 is 7.52. The zero-order valence-electron chi connectivity index (χ0n) is 10.0. The molecular formula is C13H18N2O2. The Balaban J connectivity index is 1.93. The smallest absolute Gasteiger partial charge is 0.170 e. The van der Waals surface area contributed by atoms with E-state index in [0.717, 1.165) is 17.5 Å². The average molecular weight is 234 g/mol. The lowest BCUT2D eigenvalue weighted by Crippen LogP contribution is -2.13. The van der Waals surface area contributed by atoms with E-state index in [1.807, 2.05) is 0 Å². The quantitative estimate of drug-likeness (QED) is 0.583. The Bertz CT molecular complexity index is 417. The molecule has 0 unspecified atom stereocenters. The molecule has 0 radical (unpaired) electrons. The monoisotopic (exact) mass is 234 g/mol. The molecule has 0 amide bonds. The lowest BCUT2D eigenvalue weighted by molar-refractivity contribution is 0.110. The Morgan fingerprint density at radius 2 is 1.94 bits per heavy atom. The summed E-state index contributed by atoms with van der Waals surface area (Å²) in [6.07, 6.45) is 8.45. The van der Waals surface area contributed by atoms with Crippen molar-refractivity contribution in [2.24, 2.45) is 0 Å². The van der Waals surface area contributed by atoms with E-state index in [2.05, 4.69) is 9.78 Å². The minimum absolute atomic E-state index is 0.474. The van der Waals surface area contributed by atoms with Gasteiger partial charge in [0, 0.05) is 5.56 Å². The molecule has 0 atom stereocenters. The number of aromatic nitrogens is 2. The molecule has 3 rings (SSSR count). The van der Waals surface area contributed by atoms with Gasteiger partial charge in [-0.1, -0.05) is 25.7 Å². The van der Waals surface area contributed by atoms with Crippen LogP contribution >= 0.6 is 0 Å². The molecule has 92 valence electrons. The van der Waals surface area contributed by atoms with Crippen LogP contribution < -0.4 is 0 Å². The van der Waals surface area contributed by atoms with Gasteiger partial charge in [0.2, 0.25) is 0 Å². The molecule has 1 aromatic heterocycles. The van der Waals surface area contributed by atoms with E-state index < -0.39 is 0 Å². The Kier molecular flexibility index (Phi) is 2.97.